The number of thioether (sulfide) groups is 1. The second-order valence-corrected chi connectivity index (χ2v) is 12.0. The summed E-state index contributed by atoms with van der Waals surface area (Å²) in [6.45, 7) is 1.02. The van der Waals surface area contributed by atoms with Gasteiger partial charge in [-0.2, -0.15) is 0 Å². The van der Waals surface area contributed by atoms with Crippen LogP contribution in [0.25, 0.3) is 0 Å². The number of aromatic nitrogens is 1. The summed E-state index contributed by atoms with van der Waals surface area (Å²) in [5.41, 5.74) is 0.453. The standard InChI is InChI=1S/C20H23N3O6S3/c24-8-10-30-17-11-21-20(31-17)22-19(25)18(23-29-14-7-9-28-12-14)13-1-3-15(4-2-13)32(26,27)16-5-6-16/h1-4,11,14,16,24H,5-10,12H2,(H,21,22,25)/b23-18+/t14-/m1/s1. The number of anilines is 1. The molecule has 32 heavy (non-hydrogen) atoms. The van der Waals surface area contributed by atoms with E-state index < -0.39 is 15.7 Å². The average Bonchev–Trinajstić information content (AvgIpc) is 3.36. The largest absolute Gasteiger partial charge is 0.396 e. The SMILES string of the molecule is O=C(Nc1ncc(SCCO)s1)/C(=N/O[C@@H]1CCOC1)c1ccc(S(=O)(=O)C2CC2)cc1. The molecular weight excluding hydrogens is 474 g/mol. The Labute approximate surface area is 194 Å². The van der Waals surface area contributed by atoms with Gasteiger partial charge in [0, 0.05) is 17.7 Å². The highest BCUT2D eigenvalue weighted by Gasteiger charge is 2.36. The van der Waals surface area contributed by atoms with E-state index in [-0.39, 0.29) is 28.6 Å². The molecule has 1 saturated heterocycles. The molecule has 0 radical (unpaired) electrons. The molecule has 1 aromatic carbocycles. The van der Waals surface area contributed by atoms with Gasteiger partial charge in [0.1, 0.15) is 0 Å². The molecule has 0 spiro atoms. The number of carbonyl (C=O) groups is 1. The molecular formula is C20H23N3O6S3. The Bertz CT molecular complexity index is 1070. The predicted octanol–water partition coefficient (Wildman–Crippen LogP) is 2.31. The number of nitrogens with one attached hydrogen (secondary N) is 1. The maximum atomic E-state index is 13.0. The number of hydrogen-bond acceptors (Lipinski definition) is 10. The van der Waals surface area contributed by atoms with E-state index in [0.717, 1.165) is 4.21 Å². The summed E-state index contributed by atoms with van der Waals surface area (Å²) >= 11 is 2.73. The number of oxime groups is 1. The fourth-order valence-electron chi connectivity index (χ4n) is 3.01. The van der Waals surface area contributed by atoms with E-state index in [1.54, 1.807) is 18.3 Å². The first-order valence-electron chi connectivity index (χ1n) is 10.1. The van der Waals surface area contributed by atoms with Crippen molar-refractivity contribution >= 4 is 49.7 Å². The summed E-state index contributed by atoms with van der Waals surface area (Å²) in [5.74, 6) is 0.0187. The molecule has 0 bridgehead atoms. The van der Waals surface area contributed by atoms with E-state index in [1.807, 2.05) is 0 Å². The maximum absolute atomic E-state index is 13.0. The van der Waals surface area contributed by atoms with Crippen molar-refractivity contribution in [2.45, 2.75) is 39.7 Å². The smallest absolute Gasteiger partial charge is 0.280 e. The summed E-state index contributed by atoms with van der Waals surface area (Å²) in [7, 11) is -3.32. The number of thiazole rings is 1. The lowest BCUT2D eigenvalue weighted by Gasteiger charge is -2.10. The van der Waals surface area contributed by atoms with Crippen LogP contribution >= 0.6 is 23.1 Å². The molecule has 1 amide bonds. The van der Waals surface area contributed by atoms with Gasteiger partial charge in [0.25, 0.3) is 5.91 Å². The minimum absolute atomic E-state index is 0.0204. The van der Waals surface area contributed by atoms with Crippen LogP contribution in [0.5, 0.6) is 0 Å². The van der Waals surface area contributed by atoms with Crippen molar-refractivity contribution in [2.24, 2.45) is 5.16 Å². The van der Waals surface area contributed by atoms with Gasteiger partial charge in [0.15, 0.2) is 26.8 Å². The van der Waals surface area contributed by atoms with Crippen LogP contribution in [0.15, 0.2) is 44.7 Å². The molecule has 12 heteroatoms. The van der Waals surface area contributed by atoms with E-state index in [0.29, 0.717) is 48.9 Å². The average molecular weight is 498 g/mol. The number of nitrogens with zero attached hydrogens (tertiary/aromatic N) is 2. The zero-order valence-electron chi connectivity index (χ0n) is 17.1. The number of aliphatic hydroxyl groups excluding tert-OH is 1. The van der Waals surface area contributed by atoms with Crippen molar-refractivity contribution in [1.82, 2.24) is 4.98 Å². The first kappa shape index (κ1) is 23.2. The molecule has 2 N–H and O–H groups in total. The number of amides is 1. The van der Waals surface area contributed by atoms with Crippen LogP contribution in [0.2, 0.25) is 0 Å². The molecule has 1 saturated carbocycles. The fraction of sp³-hybridized carbons (Fsp3) is 0.450. The van der Waals surface area contributed by atoms with E-state index in [1.165, 1.54) is 35.2 Å². The van der Waals surface area contributed by atoms with Crippen LogP contribution in [0.3, 0.4) is 0 Å². The normalized spacial score (nSPS) is 19.2. The molecule has 2 heterocycles. The molecule has 4 rings (SSSR count). The quantitative estimate of drug-likeness (QED) is 0.291. The van der Waals surface area contributed by atoms with Crippen molar-refractivity contribution < 1.29 is 27.9 Å². The molecule has 172 valence electrons. The fourth-order valence-corrected chi connectivity index (χ4v) is 6.35. The summed E-state index contributed by atoms with van der Waals surface area (Å²) < 4.78 is 31.1. The zero-order valence-corrected chi connectivity index (χ0v) is 19.5. The minimum Gasteiger partial charge on any atom is -0.396 e. The summed E-state index contributed by atoms with van der Waals surface area (Å²) in [6.07, 6.45) is 3.43. The van der Waals surface area contributed by atoms with Crippen molar-refractivity contribution in [3.63, 3.8) is 0 Å². The van der Waals surface area contributed by atoms with Gasteiger partial charge in [-0.3, -0.25) is 10.1 Å². The van der Waals surface area contributed by atoms with Gasteiger partial charge in [-0.25, -0.2) is 13.4 Å². The molecule has 1 aliphatic heterocycles. The number of ether oxygens (including phenoxy) is 1. The lowest BCUT2D eigenvalue weighted by atomic mass is 10.1. The van der Waals surface area contributed by atoms with E-state index in [9.17, 15) is 13.2 Å². The third kappa shape index (κ3) is 5.67. The zero-order chi connectivity index (χ0) is 22.6. The van der Waals surface area contributed by atoms with Gasteiger partial charge in [0.05, 0.1) is 40.4 Å². The van der Waals surface area contributed by atoms with Crippen molar-refractivity contribution in [3.8, 4) is 0 Å². The lowest BCUT2D eigenvalue weighted by molar-refractivity contribution is -0.110. The molecule has 9 nitrogen and oxygen atoms in total. The molecule has 2 fully saturated rings. The van der Waals surface area contributed by atoms with Crippen LogP contribution < -0.4 is 5.32 Å². The van der Waals surface area contributed by atoms with Crippen LogP contribution in [0, 0.1) is 0 Å². The maximum Gasteiger partial charge on any atom is 0.280 e. The van der Waals surface area contributed by atoms with Gasteiger partial charge in [0.2, 0.25) is 0 Å². The number of hydrogen-bond donors (Lipinski definition) is 2. The monoisotopic (exact) mass is 497 g/mol. The first-order valence-corrected chi connectivity index (χ1v) is 13.5. The molecule has 2 aromatic rings. The first-order chi connectivity index (χ1) is 15.5. The highest BCUT2D eigenvalue weighted by Crippen LogP contribution is 2.33. The Morgan fingerprint density at radius 2 is 2.09 bits per heavy atom. The van der Waals surface area contributed by atoms with Crippen LogP contribution in [0.1, 0.15) is 24.8 Å². The minimum atomic E-state index is -3.32. The highest BCUT2D eigenvalue weighted by atomic mass is 32.2. The summed E-state index contributed by atoms with van der Waals surface area (Å²) in [6, 6.07) is 6.12. The Kier molecular flexibility index (Phi) is 7.46. The third-order valence-corrected chi connectivity index (χ3v) is 9.22. The van der Waals surface area contributed by atoms with Gasteiger partial charge >= 0.3 is 0 Å². The molecule has 0 unspecified atom stereocenters. The second-order valence-electron chi connectivity index (χ2n) is 7.31. The second kappa shape index (κ2) is 10.3. The van der Waals surface area contributed by atoms with Gasteiger partial charge in [-0.15, -0.1) is 11.8 Å². The van der Waals surface area contributed by atoms with Gasteiger partial charge in [-0.1, -0.05) is 28.6 Å². The Morgan fingerprint density at radius 3 is 2.75 bits per heavy atom. The van der Waals surface area contributed by atoms with Gasteiger partial charge in [-0.05, 0) is 25.0 Å². The van der Waals surface area contributed by atoms with E-state index in [2.05, 4.69) is 15.5 Å². The van der Waals surface area contributed by atoms with E-state index in [4.69, 9.17) is 14.7 Å². The predicted molar refractivity (Wildman–Crippen MR) is 122 cm³/mol. The van der Waals surface area contributed by atoms with Crippen molar-refractivity contribution in [2.75, 3.05) is 30.9 Å². The third-order valence-electron chi connectivity index (χ3n) is 4.86. The topological polar surface area (TPSA) is 127 Å². The molecule has 2 aliphatic rings. The Balaban J connectivity index is 1.53. The highest BCUT2D eigenvalue weighted by molar-refractivity contribution is 8.01. The molecule has 1 atom stereocenters. The Morgan fingerprint density at radius 1 is 1.31 bits per heavy atom. The van der Waals surface area contributed by atoms with Crippen molar-refractivity contribution in [3.05, 3.63) is 36.0 Å². The number of aliphatic hydroxyl groups is 1. The van der Waals surface area contributed by atoms with Crippen molar-refractivity contribution in [1.29, 1.82) is 0 Å². The summed E-state index contributed by atoms with van der Waals surface area (Å²) in [4.78, 5) is 22.9. The van der Waals surface area contributed by atoms with Gasteiger partial charge < -0.3 is 14.7 Å². The lowest BCUT2D eigenvalue weighted by Crippen LogP contribution is -2.25. The van der Waals surface area contributed by atoms with Crippen LogP contribution in [-0.4, -0.2) is 67.1 Å². The van der Waals surface area contributed by atoms with E-state index >= 15 is 0 Å². The Hall–Kier alpha value is -1.99. The van der Waals surface area contributed by atoms with Crippen LogP contribution in [-0.2, 0) is 24.2 Å². The summed E-state index contributed by atoms with van der Waals surface area (Å²) in [5, 5.41) is 15.8. The number of sulfone groups is 1. The molecule has 1 aromatic heterocycles. The van der Waals surface area contributed by atoms with Crippen LogP contribution in [0.4, 0.5) is 5.13 Å². The number of rotatable bonds is 10. The molecule has 1 aliphatic carbocycles. The number of carbonyl (C=O) groups excluding carboxylic acids is 1. The number of benzene rings is 1.